The van der Waals surface area contributed by atoms with E-state index < -0.39 is 0 Å². The average molecular weight is 518 g/mol. The molecular formula is C32H40FN3O2. The fourth-order valence-electron chi connectivity index (χ4n) is 6.19. The van der Waals surface area contributed by atoms with E-state index in [9.17, 15) is 14.0 Å². The lowest BCUT2D eigenvalue weighted by molar-refractivity contribution is -0.117. The van der Waals surface area contributed by atoms with Crippen molar-refractivity contribution in [2.75, 3.05) is 32.7 Å². The van der Waals surface area contributed by atoms with Gasteiger partial charge in [-0.15, -0.1) is 0 Å². The number of rotatable bonds is 7. The summed E-state index contributed by atoms with van der Waals surface area (Å²) >= 11 is 0. The lowest BCUT2D eigenvalue weighted by Crippen LogP contribution is -2.37. The maximum absolute atomic E-state index is 13.0. The molecule has 1 saturated carbocycles. The minimum absolute atomic E-state index is 0.0767. The molecule has 0 bridgehead atoms. The van der Waals surface area contributed by atoms with Gasteiger partial charge in [0, 0.05) is 43.9 Å². The van der Waals surface area contributed by atoms with Crippen molar-refractivity contribution < 1.29 is 14.0 Å². The minimum atomic E-state index is -0.274. The first-order valence-corrected chi connectivity index (χ1v) is 14.4. The summed E-state index contributed by atoms with van der Waals surface area (Å²) in [6.45, 7) is 5.05. The predicted octanol–water partition coefficient (Wildman–Crippen LogP) is 5.24. The van der Waals surface area contributed by atoms with E-state index in [0.717, 1.165) is 95.2 Å². The quantitative estimate of drug-likeness (QED) is 0.511. The molecule has 2 amide bonds. The van der Waals surface area contributed by atoms with Gasteiger partial charge in [0.25, 0.3) is 5.91 Å². The molecule has 6 heteroatoms. The van der Waals surface area contributed by atoms with Gasteiger partial charge in [-0.05, 0) is 117 Å². The van der Waals surface area contributed by atoms with E-state index in [2.05, 4.69) is 22.3 Å². The van der Waals surface area contributed by atoms with Crippen LogP contribution in [0.1, 0.15) is 72.0 Å². The maximum Gasteiger partial charge on any atom is 0.253 e. The molecule has 5 rings (SSSR count). The summed E-state index contributed by atoms with van der Waals surface area (Å²) in [6, 6.07) is 12.8. The van der Waals surface area contributed by atoms with Crippen molar-refractivity contribution >= 4 is 17.9 Å². The van der Waals surface area contributed by atoms with E-state index in [1.54, 1.807) is 24.3 Å². The number of likely N-dealkylation sites (tertiary alicyclic amines) is 1. The van der Waals surface area contributed by atoms with E-state index >= 15 is 0 Å². The van der Waals surface area contributed by atoms with Crippen LogP contribution in [0.3, 0.4) is 0 Å². The average Bonchev–Trinajstić information content (AvgIpc) is 3.40. The summed E-state index contributed by atoms with van der Waals surface area (Å²) in [5.41, 5.74) is 4.42. The maximum atomic E-state index is 13.0. The molecule has 202 valence electrons. The van der Waals surface area contributed by atoms with E-state index in [1.165, 1.54) is 29.7 Å². The number of benzene rings is 2. The molecule has 0 spiro atoms. The molecule has 1 saturated heterocycles. The van der Waals surface area contributed by atoms with Crippen LogP contribution < -0.4 is 5.32 Å². The Hall–Kier alpha value is -2.99. The van der Waals surface area contributed by atoms with Gasteiger partial charge in [0.2, 0.25) is 5.91 Å². The second-order valence-electron chi connectivity index (χ2n) is 11.2. The third kappa shape index (κ3) is 7.10. The first kappa shape index (κ1) is 26.6. The third-order valence-corrected chi connectivity index (χ3v) is 8.59. The highest BCUT2D eigenvalue weighted by molar-refractivity contribution is 5.94. The minimum Gasteiger partial charge on any atom is -0.350 e. The number of carbonyl (C=O) groups is 2. The Labute approximate surface area is 226 Å². The van der Waals surface area contributed by atoms with Crippen LogP contribution >= 0.6 is 0 Å². The van der Waals surface area contributed by atoms with Crippen LogP contribution in [-0.4, -0.2) is 60.4 Å². The van der Waals surface area contributed by atoms with Gasteiger partial charge in [0.1, 0.15) is 5.82 Å². The van der Waals surface area contributed by atoms with Crippen LogP contribution in [0.2, 0.25) is 0 Å². The monoisotopic (exact) mass is 517 g/mol. The largest absolute Gasteiger partial charge is 0.350 e. The number of hydrogen-bond acceptors (Lipinski definition) is 3. The number of fused-ring (bicyclic) bond motifs is 1. The zero-order chi connectivity index (χ0) is 26.3. The summed E-state index contributed by atoms with van der Waals surface area (Å²) in [7, 11) is 0. The summed E-state index contributed by atoms with van der Waals surface area (Å²) in [5, 5.41) is 3.14. The normalized spacial score (nSPS) is 22.3. The van der Waals surface area contributed by atoms with Crippen molar-refractivity contribution in [3.8, 4) is 0 Å². The Bertz CT molecular complexity index is 1130. The second-order valence-corrected chi connectivity index (χ2v) is 11.2. The lowest BCUT2D eigenvalue weighted by atomic mass is 9.84. The number of halogens is 1. The zero-order valence-electron chi connectivity index (χ0n) is 22.3. The van der Waals surface area contributed by atoms with Gasteiger partial charge < -0.3 is 15.1 Å². The Morgan fingerprint density at radius 3 is 2.34 bits per heavy atom. The highest BCUT2D eigenvalue weighted by Crippen LogP contribution is 2.28. The fraction of sp³-hybridized carbons (Fsp3) is 0.500. The highest BCUT2D eigenvalue weighted by atomic mass is 19.1. The van der Waals surface area contributed by atoms with Crippen molar-refractivity contribution in [3.05, 3.63) is 76.6 Å². The van der Waals surface area contributed by atoms with Crippen molar-refractivity contribution in [3.63, 3.8) is 0 Å². The molecule has 0 aromatic heterocycles. The van der Waals surface area contributed by atoms with Gasteiger partial charge in [-0.1, -0.05) is 18.2 Å². The molecule has 0 unspecified atom stereocenters. The smallest absolute Gasteiger partial charge is 0.253 e. The SMILES string of the molecule is O=C(/C=C/c1ccc(F)cc1)NC1CCC(CCN2CCc3ccc(C(=O)N4CCCC4)cc3CC2)CC1. The first-order chi connectivity index (χ1) is 18.5. The third-order valence-electron chi connectivity index (χ3n) is 8.59. The second kappa shape index (κ2) is 12.7. The first-order valence-electron chi connectivity index (χ1n) is 14.4. The van der Waals surface area contributed by atoms with E-state index in [-0.39, 0.29) is 23.7 Å². The van der Waals surface area contributed by atoms with Gasteiger partial charge in [0.15, 0.2) is 0 Å². The Balaban J connectivity index is 1.02. The number of amides is 2. The Morgan fingerprint density at radius 2 is 1.61 bits per heavy atom. The zero-order valence-corrected chi connectivity index (χ0v) is 22.3. The van der Waals surface area contributed by atoms with Gasteiger partial charge in [-0.2, -0.15) is 0 Å². The lowest BCUT2D eigenvalue weighted by Gasteiger charge is -2.30. The number of nitrogens with one attached hydrogen (secondary N) is 1. The van der Waals surface area contributed by atoms with E-state index in [4.69, 9.17) is 0 Å². The van der Waals surface area contributed by atoms with Crippen LogP contribution in [0.5, 0.6) is 0 Å². The standard InChI is InChI=1S/C32H40FN3O2/c33-29-10-3-24(4-11-29)7-14-31(37)34-30-12-5-25(6-13-30)15-20-35-21-16-26-8-9-28(23-27(26)17-22-35)32(38)36-18-1-2-19-36/h3-4,7-11,14,23,25,30H,1-2,5-6,12-13,15-22H2,(H,34,37)/b14-7+. The van der Waals surface area contributed by atoms with Gasteiger partial charge >= 0.3 is 0 Å². The van der Waals surface area contributed by atoms with Crippen LogP contribution in [0.25, 0.3) is 6.08 Å². The van der Waals surface area contributed by atoms with Crippen molar-refractivity contribution in [1.82, 2.24) is 15.1 Å². The summed E-state index contributed by atoms with van der Waals surface area (Å²) in [4.78, 5) is 29.7. The topological polar surface area (TPSA) is 52.7 Å². The predicted molar refractivity (Wildman–Crippen MR) is 149 cm³/mol. The van der Waals surface area contributed by atoms with Crippen LogP contribution in [-0.2, 0) is 17.6 Å². The van der Waals surface area contributed by atoms with Crippen LogP contribution in [0.4, 0.5) is 4.39 Å². The molecular weight excluding hydrogens is 477 g/mol. The molecule has 1 aliphatic carbocycles. The van der Waals surface area contributed by atoms with Crippen LogP contribution in [0.15, 0.2) is 48.5 Å². The molecule has 1 N–H and O–H groups in total. The highest BCUT2D eigenvalue weighted by Gasteiger charge is 2.24. The van der Waals surface area contributed by atoms with Crippen molar-refractivity contribution in [1.29, 1.82) is 0 Å². The molecule has 2 fully saturated rings. The van der Waals surface area contributed by atoms with E-state index in [1.807, 2.05) is 11.0 Å². The molecule has 2 aromatic carbocycles. The Kier molecular flexibility index (Phi) is 8.90. The molecule has 2 heterocycles. The van der Waals surface area contributed by atoms with Crippen molar-refractivity contribution in [2.45, 2.75) is 63.8 Å². The molecule has 0 atom stereocenters. The van der Waals surface area contributed by atoms with E-state index in [0.29, 0.717) is 5.92 Å². The van der Waals surface area contributed by atoms with Gasteiger partial charge in [-0.3, -0.25) is 9.59 Å². The van der Waals surface area contributed by atoms with Crippen LogP contribution in [0, 0.1) is 11.7 Å². The summed E-state index contributed by atoms with van der Waals surface area (Å²) in [6.07, 6.45) is 13.2. The molecule has 2 aromatic rings. The summed E-state index contributed by atoms with van der Waals surface area (Å²) < 4.78 is 13.0. The van der Waals surface area contributed by atoms with Gasteiger partial charge in [-0.25, -0.2) is 4.39 Å². The molecule has 3 aliphatic rings. The van der Waals surface area contributed by atoms with Crippen molar-refractivity contribution in [2.24, 2.45) is 5.92 Å². The molecule has 5 nitrogen and oxygen atoms in total. The molecule has 0 radical (unpaired) electrons. The fourth-order valence-corrected chi connectivity index (χ4v) is 6.19. The van der Waals surface area contributed by atoms with Gasteiger partial charge in [0.05, 0.1) is 0 Å². The summed E-state index contributed by atoms with van der Waals surface area (Å²) in [5.74, 6) is 0.561. The molecule has 2 aliphatic heterocycles. The number of hydrogen-bond donors (Lipinski definition) is 1. The number of nitrogens with zero attached hydrogens (tertiary/aromatic N) is 2. The number of carbonyl (C=O) groups excluding carboxylic acids is 2. The Morgan fingerprint density at radius 1 is 0.895 bits per heavy atom. The molecule has 38 heavy (non-hydrogen) atoms.